The molecule has 0 aromatic carbocycles. The molecule has 3 fully saturated rings. The Bertz CT molecular complexity index is 1060. The summed E-state index contributed by atoms with van der Waals surface area (Å²) in [5, 5.41) is 1.63. The second-order valence-electron chi connectivity index (χ2n) is 8.94. The van der Waals surface area contributed by atoms with Crippen molar-refractivity contribution >= 4 is 104 Å². The largest absolute Gasteiger partial charge is 0.449 e. The van der Waals surface area contributed by atoms with Crippen LogP contribution in [0.4, 0.5) is 0 Å². The molecule has 24 heteroatoms. The Labute approximate surface area is 279 Å². The average Bonchev–Trinajstić information content (AvgIpc) is 2.90. The molecule has 3 aliphatic rings. The van der Waals surface area contributed by atoms with E-state index >= 15 is 0 Å². The van der Waals surface area contributed by atoms with Gasteiger partial charge in [-0.05, 0) is 98.6 Å². The van der Waals surface area contributed by atoms with Crippen LogP contribution in [0, 0.1) is 4.78 Å². The quantitative estimate of drug-likeness (QED) is 0.0801. The first-order valence-corrected chi connectivity index (χ1v) is 23.3. The fraction of sp³-hybridized carbons (Fsp3) is 0.947. The first kappa shape index (κ1) is 50.7. The molecule has 43 heavy (non-hydrogen) atoms. The van der Waals surface area contributed by atoms with Gasteiger partial charge in [-0.3, -0.25) is 16.5 Å². The van der Waals surface area contributed by atoms with Gasteiger partial charge >= 0.3 is 0 Å². The van der Waals surface area contributed by atoms with Crippen LogP contribution < -0.4 is 5.32 Å². The van der Waals surface area contributed by atoms with E-state index in [2.05, 4.69) is 36.5 Å². The van der Waals surface area contributed by atoms with E-state index in [0.29, 0.717) is 51.6 Å². The van der Waals surface area contributed by atoms with Crippen LogP contribution >= 0.6 is 39.4 Å². The molecule has 0 atom stereocenters. The van der Waals surface area contributed by atoms with Crippen LogP contribution in [0.3, 0.4) is 0 Å². The van der Waals surface area contributed by atoms with Gasteiger partial charge in [0.25, 0.3) is 20.2 Å². The van der Waals surface area contributed by atoms with Crippen molar-refractivity contribution in [2.45, 2.75) is 54.3 Å². The third-order valence-corrected chi connectivity index (χ3v) is 11.4. The number of hydrogen-bond acceptors (Lipinski definition) is 13. The molecule has 0 unspecified atom stereocenters. The lowest BCUT2D eigenvalue weighted by atomic mass is 10.1. The zero-order valence-electron chi connectivity index (χ0n) is 24.2. The highest BCUT2D eigenvalue weighted by atomic mass is 36.0. The van der Waals surface area contributed by atoms with Crippen molar-refractivity contribution in [2.24, 2.45) is 0 Å². The molecule has 0 bridgehead atoms. The lowest BCUT2D eigenvalue weighted by molar-refractivity contribution is -0.0980. The molecule has 259 valence electrons. The van der Waals surface area contributed by atoms with Crippen molar-refractivity contribution < 1.29 is 43.4 Å². The maximum Gasteiger partial charge on any atom is 0.267 e. The van der Waals surface area contributed by atoms with E-state index in [1.165, 1.54) is 0 Å². The Morgan fingerprint density at radius 3 is 1.28 bits per heavy atom. The number of rotatable bonds is 3. The number of halogens is 3. The summed E-state index contributed by atoms with van der Waals surface area (Å²) in [4.78, 5) is 12.2. The van der Waals surface area contributed by atoms with Gasteiger partial charge in [-0.15, -0.1) is 0 Å². The van der Waals surface area contributed by atoms with Gasteiger partial charge in [0, 0.05) is 40.5 Å². The second-order valence-corrected chi connectivity index (χ2v) is 20.2. The Kier molecular flexibility index (Phi) is 32.9. The number of piperidine rings is 3. The molecule has 14 nitrogen and oxygen atoms in total. The molecule has 0 amide bonds. The smallest absolute Gasteiger partial charge is 0.267 e. The summed E-state index contributed by atoms with van der Waals surface area (Å²) >= 11 is 0. The zero-order chi connectivity index (χ0) is 33.6. The summed E-state index contributed by atoms with van der Waals surface area (Å²) in [5.41, 5.74) is 0. The lowest BCUT2D eigenvalue weighted by Crippen LogP contribution is -2.36. The van der Waals surface area contributed by atoms with Crippen LogP contribution in [0.1, 0.15) is 38.5 Å². The minimum Gasteiger partial charge on any atom is -0.449 e. The number of carbonyl (C=O) groups excluding carboxylic acids is 1. The van der Waals surface area contributed by atoms with Crippen molar-refractivity contribution in [1.29, 1.82) is 4.78 Å². The van der Waals surface area contributed by atoms with Crippen LogP contribution in [-0.4, -0.2) is 139 Å². The number of nitrogens with zero attached hydrogens (tertiary/aromatic N) is 2. The van der Waals surface area contributed by atoms with Gasteiger partial charge in [0.2, 0.25) is 18.3 Å². The van der Waals surface area contributed by atoms with Gasteiger partial charge in [-0.2, -0.15) is 16.8 Å². The molecule has 3 rings (SSSR count). The number of hydrogen-bond donors (Lipinski definition) is 4. The van der Waals surface area contributed by atoms with Crippen LogP contribution in [0.5, 0.6) is 0 Å². The summed E-state index contributed by atoms with van der Waals surface area (Å²) < 4.78 is 96.7. The van der Waals surface area contributed by atoms with Gasteiger partial charge in [-0.25, -0.2) is 12.6 Å². The fourth-order valence-electron chi connectivity index (χ4n) is 3.64. The van der Waals surface area contributed by atoms with Crippen molar-refractivity contribution in [3.63, 3.8) is 0 Å². The van der Waals surface area contributed by atoms with Crippen molar-refractivity contribution in [3.05, 3.63) is 0 Å². The summed E-state index contributed by atoms with van der Waals surface area (Å²) in [6, 6.07) is 0. The van der Waals surface area contributed by atoms with Crippen molar-refractivity contribution in [2.75, 3.05) is 60.0 Å². The summed E-state index contributed by atoms with van der Waals surface area (Å²) in [5.74, 6) is 0. The maximum absolute atomic E-state index is 10.8. The van der Waals surface area contributed by atoms with Crippen LogP contribution in [0.25, 0.3) is 0 Å². The van der Waals surface area contributed by atoms with E-state index in [4.69, 9.17) is 33.6 Å². The topological polar surface area (TPSA) is 219 Å². The zero-order valence-corrected chi connectivity index (χ0v) is 31.5. The average molecular weight is 796 g/mol. The highest BCUT2D eigenvalue weighted by molar-refractivity contribution is 8.26. The second kappa shape index (κ2) is 27.9. The Morgan fingerprint density at radius 2 is 1.07 bits per heavy atom. The van der Waals surface area contributed by atoms with E-state index in [1.807, 2.05) is 27.5 Å². The van der Waals surface area contributed by atoms with Crippen LogP contribution in [0.15, 0.2) is 0 Å². The number of carbonyl (C=O) groups is 1. The predicted molar refractivity (Wildman–Crippen MR) is 182 cm³/mol. The molecule has 0 spiro atoms. The van der Waals surface area contributed by atoms with Gasteiger partial charge in [0.1, 0.15) is 6.79 Å². The summed E-state index contributed by atoms with van der Waals surface area (Å²) in [7, 11) is 7.51. The van der Waals surface area contributed by atoms with E-state index < -0.39 is 49.0 Å². The predicted octanol–water partition coefficient (Wildman–Crippen LogP) is 1.78. The first-order valence-electron chi connectivity index (χ1n) is 12.2. The van der Waals surface area contributed by atoms with E-state index in [-0.39, 0.29) is 13.7 Å². The monoisotopic (exact) mass is 794 g/mol. The van der Waals surface area contributed by atoms with Gasteiger partial charge in [0.15, 0.2) is 0 Å². The van der Waals surface area contributed by atoms with E-state index in [0.717, 1.165) is 44.3 Å². The fourth-order valence-corrected chi connectivity index (χ4v) is 6.59. The molecule has 0 aliphatic carbocycles. The lowest BCUT2D eigenvalue weighted by Gasteiger charge is -2.26. The van der Waals surface area contributed by atoms with E-state index in [9.17, 15) is 25.3 Å². The minimum absolute atomic E-state index is 0. The highest BCUT2D eigenvalue weighted by Gasteiger charge is 2.27. The molecule has 3 aliphatic heterocycles. The van der Waals surface area contributed by atoms with Crippen molar-refractivity contribution in [1.82, 2.24) is 15.1 Å². The standard InChI is InChI=1S/C6H12ClNO2S.C6H13NO3S.C5H11NO3S.CH5NPS.CH2O.B.Cl2OS/c1-8-4-2-6(3-5-8)11(7,9)10;1-7-4-2-6(3-5-7)11(8,9)10;7-10(8,9)5-1-3-6-4-2-5;1-3-4-2;1-2;;1-4(2)3/h6H,2-5H2,1H3;6H,2-5H2,1H3,(H,8,9,10);5-6H,1-4H2,(H,7,8,9);2,4H,1H3;1H2;;/q;;;-1;;;. The summed E-state index contributed by atoms with van der Waals surface area (Å²) in [6.07, 6.45) is 3.49. The first-order chi connectivity index (χ1) is 19.2. The number of nitrogens with one attached hydrogen (secondary N) is 2. The number of thiol groups is 1. The van der Waals surface area contributed by atoms with E-state index in [1.54, 1.807) is 0 Å². The third kappa shape index (κ3) is 31.2. The Morgan fingerprint density at radius 1 is 0.814 bits per heavy atom. The molecule has 3 radical (unpaired) electrons. The van der Waals surface area contributed by atoms with Crippen LogP contribution in [0.2, 0.25) is 0 Å². The SMILES string of the molecule is C=O.CN1CCC(S(=O)(=O)Cl)CC1.CN1CCC(S(=O)(=O)O)CC1.CP=[SH-]=N.O=S(=O)(O)C1CCNCC1.O=S(Cl)Cl.[B]. The van der Waals surface area contributed by atoms with Crippen LogP contribution in [-0.2, 0) is 54.0 Å². The molecule has 4 N–H and O–H groups in total. The third-order valence-electron chi connectivity index (χ3n) is 5.96. The molecule has 3 heterocycles. The van der Waals surface area contributed by atoms with Gasteiger partial charge in [-0.1, -0.05) is 0 Å². The molecule has 0 aromatic rings. The normalized spacial score (nSPS) is 19.2. The van der Waals surface area contributed by atoms with Gasteiger partial charge in [0.05, 0.1) is 15.7 Å². The maximum atomic E-state index is 10.8. The highest BCUT2D eigenvalue weighted by Crippen LogP contribution is 2.19. The van der Waals surface area contributed by atoms with Gasteiger partial charge < -0.3 is 35.4 Å². The van der Waals surface area contributed by atoms with Crippen molar-refractivity contribution in [3.8, 4) is 0 Å². The Balaban J connectivity index is -0.000000228. The molecule has 0 saturated carbocycles. The minimum atomic E-state index is -3.78. The molecule has 0 aromatic heterocycles. The Hall–Kier alpha value is 0.855. The molecular formula is C19H43BCl3N4O10PS5-. The summed E-state index contributed by atoms with van der Waals surface area (Å²) in [6.45, 7) is 8.49. The molecular weight excluding hydrogens is 753 g/mol. The number of likely N-dealkylation sites (tertiary alicyclic amines) is 2. The molecule has 3 saturated heterocycles.